The highest BCUT2D eigenvalue weighted by molar-refractivity contribution is 8.00. The second-order valence-electron chi connectivity index (χ2n) is 7.14. The number of halogens is 1. The normalized spacial score (nSPS) is 14.1. The summed E-state index contributed by atoms with van der Waals surface area (Å²) in [4.78, 5) is 24.9. The van der Waals surface area contributed by atoms with Gasteiger partial charge in [0.05, 0.1) is 5.56 Å². The molecular formula is C22H22FN5O2S. The average Bonchev–Trinajstić information content (AvgIpc) is 3.52. The summed E-state index contributed by atoms with van der Waals surface area (Å²) in [6, 6.07) is 15.2. The zero-order valence-corrected chi connectivity index (χ0v) is 17.7. The van der Waals surface area contributed by atoms with Crippen molar-refractivity contribution in [1.29, 1.82) is 0 Å². The van der Waals surface area contributed by atoms with E-state index in [2.05, 4.69) is 20.8 Å². The number of hydrogen-bond acceptors (Lipinski definition) is 5. The maximum absolute atomic E-state index is 14.4. The van der Waals surface area contributed by atoms with Crippen molar-refractivity contribution in [1.82, 2.24) is 25.4 Å². The first-order valence-electron chi connectivity index (χ1n) is 10.1. The van der Waals surface area contributed by atoms with Crippen molar-refractivity contribution in [2.75, 3.05) is 6.54 Å². The predicted molar refractivity (Wildman–Crippen MR) is 116 cm³/mol. The monoisotopic (exact) mass is 439 g/mol. The molecule has 1 fully saturated rings. The summed E-state index contributed by atoms with van der Waals surface area (Å²) in [5.41, 5.74) is 1.10. The number of urea groups is 1. The van der Waals surface area contributed by atoms with Crippen molar-refractivity contribution < 1.29 is 14.0 Å². The van der Waals surface area contributed by atoms with Crippen molar-refractivity contribution in [2.24, 2.45) is 0 Å². The molecule has 3 amide bonds. The highest BCUT2D eigenvalue weighted by Crippen LogP contribution is 2.44. The van der Waals surface area contributed by atoms with Gasteiger partial charge in [0, 0.05) is 12.6 Å². The lowest BCUT2D eigenvalue weighted by molar-refractivity contribution is -0.119. The molecule has 2 N–H and O–H groups in total. The lowest BCUT2D eigenvalue weighted by Crippen LogP contribution is -2.41. The Bertz CT molecular complexity index is 1080. The zero-order chi connectivity index (χ0) is 21.8. The molecule has 7 nitrogen and oxygen atoms in total. The summed E-state index contributed by atoms with van der Waals surface area (Å²) in [6.45, 7) is 2.18. The van der Waals surface area contributed by atoms with Gasteiger partial charge >= 0.3 is 6.03 Å². The molecule has 1 aliphatic carbocycles. The Kier molecular flexibility index (Phi) is 6.31. The molecule has 1 atom stereocenters. The van der Waals surface area contributed by atoms with E-state index in [0.717, 1.165) is 18.4 Å². The molecule has 0 spiro atoms. The SMILES string of the molecule is CCNC(=O)NC(=O)C(Sc1nnc(-c2ccccc2F)n1C1CC1)c1ccccc1. The topological polar surface area (TPSA) is 88.9 Å². The molecule has 31 heavy (non-hydrogen) atoms. The van der Waals surface area contributed by atoms with Crippen LogP contribution < -0.4 is 10.6 Å². The van der Waals surface area contributed by atoms with Crippen LogP contribution in [0.1, 0.15) is 36.6 Å². The maximum atomic E-state index is 14.4. The van der Waals surface area contributed by atoms with Crippen LogP contribution in [0.4, 0.5) is 9.18 Å². The van der Waals surface area contributed by atoms with Gasteiger partial charge in [-0.15, -0.1) is 10.2 Å². The second-order valence-corrected chi connectivity index (χ2v) is 8.22. The molecule has 4 rings (SSSR count). The van der Waals surface area contributed by atoms with Gasteiger partial charge in [0.1, 0.15) is 11.1 Å². The van der Waals surface area contributed by atoms with E-state index in [0.29, 0.717) is 23.1 Å². The number of aromatic nitrogens is 3. The smallest absolute Gasteiger partial charge is 0.321 e. The fourth-order valence-corrected chi connectivity index (χ4v) is 4.34. The number of imide groups is 1. The number of nitrogens with one attached hydrogen (secondary N) is 2. The van der Waals surface area contributed by atoms with E-state index in [9.17, 15) is 14.0 Å². The molecule has 0 radical (unpaired) electrons. The maximum Gasteiger partial charge on any atom is 0.321 e. The van der Waals surface area contributed by atoms with E-state index in [1.54, 1.807) is 25.1 Å². The Balaban J connectivity index is 1.68. The number of benzene rings is 2. The minimum Gasteiger partial charge on any atom is -0.338 e. The summed E-state index contributed by atoms with van der Waals surface area (Å²) in [7, 11) is 0. The first-order valence-corrected chi connectivity index (χ1v) is 11.0. The Morgan fingerprint density at radius 1 is 1.13 bits per heavy atom. The second kappa shape index (κ2) is 9.30. The van der Waals surface area contributed by atoms with Gasteiger partial charge in [-0.1, -0.05) is 54.2 Å². The number of rotatable bonds is 7. The van der Waals surface area contributed by atoms with Crippen molar-refractivity contribution >= 4 is 23.7 Å². The fraction of sp³-hybridized carbons (Fsp3) is 0.273. The minimum atomic E-state index is -0.723. The molecule has 0 aliphatic heterocycles. The van der Waals surface area contributed by atoms with Gasteiger partial charge in [-0.25, -0.2) is 9.18 Å². The molecule has 160 valence electrons. The summed E-state index contributed by atoms with van der Waals surface area (Å²) >= 11 is 1.20. The van der Waals surface area contributed by atoms with Gasteiger partial charge in [-0.3, -0.25) is 14.7 Å². The van der Waals surface area contributed by atoms with Crippen LogP contribution in [0, 0.1) is 5.82 Å². The van der Waals surface area contributed by atoms with Gasteiger partial charge in [-0.05, 0) is 37.5 Å². The summed E-state index contributed by atoms with van der Waals surface area (Å²) in [5, 5.41) is 13.3. The van der Waals surface area contributed by atoms with Crippen molar-refractivity contribution in [3.63, 3.8) is 0 Å². The summed E-state index contributed by atoms with van der Waals surface area (Å²) in [5.74, 6) is -0.388. The molecule has 1 aliphatic rings. The largest absolute Gasteiger partial charge is 0.338 e. The van der Waals surface area contributed by atoms with Crippen LogP contribution in [-0.2, 0) is 4.79 Å². The highest BCUT2D eigenvalue weighted by atomic mass is 32.2. The van der Waals surface area contributed by atoms with Crippen LogP contribution >= 0.6 is 11.8 Å². The van der Waals surface area contributed by atoms with Crippen LogP contribution in [0.15, 0.2) is 59.8 Å². The van der Waals surface area contributed by atoms with E-state index in [-0.39, 0.29) is 11.9 Å². The first kappa shape index (κ1) is 21.0. The summed E-state index contributed by atoms with van der Waals surface area (Å²) in [6.07, 6.45) is 1.88. The van der Waals surface area contributed by atoms with Crippen LogP contribution in [-0.4, -0.2) is 33.2 Å². The van der Waals surface area contributed by atoms with Crippen LogP contribution in [0.2, 0.25) is 0 Å². The molecule has 0 saturated heterocycles. The van der Waals surface area contributed by atoms with Crippen LogP contribution in [0.3, 0.4) is 0 Å². The number of carbonyl (C=O) groups excluding carboxylic acids is 2. The molecule has 9 heteroatoms. The quantitative estimate of drug-likeness (QED) is 0.541. The van der Waals surface area contributed by atoms with Gasteiger partial charge in [-0.2, -0.15) is 0 Å². The third kappa shape index (κ3) is 4.77. The standard InChI is InChI=1S/C22H22FN5O2S/c1-2-24-21(30)25-20(29)18(14-8-4-3-5-9-14)31-22-27-26-19(28(22)15-12-13-15)16-10-6-7-11-17(16)23/h3-11,15,18H,2,12-13H2,1H3,(H2,24,25,29,30). The Morgan fingerprint density at radius 3 is 2.52 bits per heavy atom. The van der Waals surface area contributed by atoms with Crippen molar-refractivity contribution in [3.8, 4) is 11.4 Å². The molecule has 1 aromatic heterocycles. The van der Waals surface area contributed by atoms with Gasteiger partial charge in [0.2, 0.25) is 5.91 Å². The third-order valence-corrected chi connectivity index (χ3v) is 6.04. The van der Waals surface area contributed by atoms with Gasteiger partial charge < -0.3 is 5.32 Å². The van der Waals surface area contributed by atoms with Crippen LogP contribution in [0.25, 0.3) is 11.4 Å². The number of nitrogens with zero attached hydrogens (tertiary/aromatic N) is 3. The van der Waals surface area contributed by atoms with E-state index in [1.807, 2.05) is 34.9 Å². The predicted octanol–water partition coefficient (Wildman–Crippen LogP) is 4.10. The fourth-order valence-electron chi connectivity index (χ4n) is 3.23. The molecule has 0 bridgehead atoms. The third-order valence-electron chi connectivity index (χ3n) is 4.83. The minimum absolute atomic E-state index is 0.162. The van der Waals surface area contributed by atoms with E-state index in [1.165, 1.54) is 17.8 Å². The number of carbonyl (C=O) groups is 2. The Hall–Kier alpha value is -3.20. The van der Waals surface area contributed by atoms with E-state index in [4.69, 9.17) is 0 Å². The lowest BCUT2D eigenvalue weighted by atomic mass is 10.1. The number of amides is 3. The molecule has 2 aromatic carbocycles. The van der Waals surface area contributed by atoms with Crippen LogP contribution in [0.5, 0.6) is 0 Å². The lowest BCUT2D eigenvalue weighted by Gasteiger charge is -2.17. The Labute approximate surface area is 183 Å². The average molecular weight is 440 g/mol. The number of thioether (sulfide) groups is 1. The van der Waals surface area contributed by atoms with E-state index < -0.39 is 17.2 Å². The van der Waals surface area contributed by atoms with Crippen molar-refractivity contribution in [3.05, 3.63) is 66.0 Å². The van der Waals surface area contributed by atoms with E-state index >= 15 is 0 Å². The molecule has 1 heterocycles. The molecular weight excluding hydrogens is 417 g/mol. The molecule has 1 saturated carbocycles. The highest BCUT2D eigenvalue weighted by Gasteiger charge is 2.33. The van der Waals surface area contributed by atoms with Gasteiger partial charge in [0.25, 0.3) is 0 Å². The summed E-state index contributed by atoms with van der Waals surface area (Å²) < 4.78 is 16.3. The Morgan fingerprint density at radius 2 is 1.84 bits per heavy atom. The number of hydrogen-bond donors (Lipinski definition) is 2. The first-order chi connectivity index (χ1) is 15.1. The van der Waals surface area contributed by atoms with Crippen molar-refractivity contribution in [2.45, 2.75) is 36.2 Å². The van der Waals surface area contributed by atoms with Gasteiger partial charge in [0.15, 0.2) is 11.0 Å². The molecule has 3 aromatic rings. The molecule has 1 unspecified atom stereocenters. The zero-order valence-electron chi connectivity index (χ0n) is 16.9.